The molecule has 0 fully saturated rings. The molecule has 0 aromatic carbocycles. The minimum Gasteiger partial charge on any atom is -0.390 e. The lowest BCUT2D eigenvalue weighted by Crippen LogP contribution is -2.30. The van der Waals surface area contributed by atoms with Crippen LogP contribution in [0.2, 0.25) is 0 Å². The molecule has 0 amide bonds. The van der Waals surface area contributed by atoms with Crippen LogP contribution >= 0.6 is 0 Å². The van der Waals surface area contributed by atoms with Gasteiger partial charge in [0.05, 0.1) is 0 Å². The molecule has 7 heavy (non-hydrogen) atoms. The van der Waals surface area contributed by atoms with Crippen molar-refractivity contribution in [1.82, 2.24) is 0 Å². The van der Waals surface area contributed by atoms with Crippen molar-refractivity contribution >= 4 is 8.56 Å². The standard InChI is InChI=1S/C2H2N2O2Si/c3-1-7(5,6)2-4/h5-6H. The lowest BCUT2D eigenvalue weighted by Gasteiger charge is -1.89. The van der Waals surface area contributed by atoms with Crippen LogP contribution in [0.25, 0.3) is 0 Å². The molecule has 0 radical (unpaired) electrons. The Labute approximate surface area is 41.1 Å². The van der Waals surface area contributed by atoms with Gasteiger partial charge in [-0.2, -0.15) is 10.5 Å². The highest BCUT2D eigenvalue weighted by Crippen LogP contribution is 1.81. The van der Waals surface area contributed by atoms with Gasteiger partial charge in [-0.05, 0) is 0 Å². The van der Waals surface area contributed by atoms with E-state index in [-0.39, 0.29) is 0 Å². The fourth-order valence-electron chi connectivity index (χ4n) is 0.0250. The highest BCUT2D eigenvalue weighted by atomic mass is 28.4. The van der Waals surface area contributed by atoms with Crippen LogP contribution in [0.4, 0.5) is 0 Å². The van der Waals surface area contributed by atoms with E-state index in [0.29, 0.717) is 0 Å². The largest absolute Gasteiger partial charge is 0.560 e. The van der Waals surface area contributed by atoms with Gasteiger partial charge in [0.2, 0.25) is 0 Å². The molecule has 0 rings (SSSR count). The van der Waals surface area contributed by atoms with Crippen molar-refractivity contribution in [3.63, 3.8) is 0 Å². The second kappa shape index (κ2) is 1.71. The molecule has 36 valence electrons. The molecule has 0 aromatic rings. The number of nitriles is 2. The summed E-state index contributed by atoms with van der Waals surface area (Å²) in [6, 6.07) is 0. The molecule has 0 aliphatic rings. The molecule has 0 aliphatic carbocycles. The highest BCUT2D eigenvalue weighted by Gasteiger charge is 2.29. The van der Waals surface area contributed by atoms with E-state index >= 15 is 0 Å². The van der Waals surface area contributed by atoms with Crippen LogP contribution in [0.3, 0.4) is 0 Å². The number of rotatable bonds is 0. The minimum atomic E-state index is -4.04. The third kappa shape index (κ3) is 1.90. The Morgan fingerprint density at radius 3 is 1.43 bits per heavy atom. The Kier molecular flexibility index (Phi) is 1.50. The fourth-order valence-corrected chi connectivity index (χ4v) is 0.0750. The molecule has 4 nitrogen and oxygen atoms in total. The summed E-state index contributed by atoms with van der Waals surface area (Å²) in [5.41, 5.74) is 2.16. The van der Waals surface area contributed by atoms with Crippen molar-refractivity contribution in [1.29, 1.82) is 10.5 Å². The summed E-state index contributed by atoms with van der Waals surface area (Å²) < 4.78 is 0. The lowest BCUT2D eigenvalue weighted by molar-refractivity contribution is 0.403. The van der Waals surface area contributed by atoms with Crippen molar-refractivity contribution in [2.75, 3.05) is 0 Å². The van der Waals surface area contributed by atoms with Crippen LogP contribution in [0.1, 0.15) is 0 Å². The third-order valence-electron chi connectivity index (χ3n) is 0.312. The van der Waals surface area contributed by atoms with Crippen LogP contribution < -0.4 is 0 Å². The predicted molar refractivity (Wildman–Crippen MR) is 21.4 cm³/mol. The maximum Gasteiger partial charge on any atom is 0.560 e. The molecule has 0 bridgehead atoms. The van der Waals surface area contributed by atoms with E-state index in [1.165, 1.54) is 0 Å². The highest BCUT2D eigenvalue weighted by molar-refractivity contribution is 6.79. The second-order valence-corrected chi connectivity index (χ2v) is 2.69. The van der Waals surface area contributed by atoms with Gasteiger partial charge in [0, 0.05) is 0 Å². The van der Waals surface area contributed by atoms with Crippen LogP contribution in [0.5, 0.6) is 0 Å². The van der Waals surface area contributed by atoms with Gasteiger partial charge in [-0.1, -0.05) is 0 Å². The molecule has 5 heteroatoms. The van der Waals surface area contributed by atoms with E-state index < -0.39 is 8.56 Å². The maximum atomic E-state index is 8.10. The summed E-state index contributed by atoms with van der Waals surface area (Å²) >= 11 is 0. The van der Waals surface area contributed by atoms with Gasteiger partial charge in [0.15, 0.2) is 0 Å². The van der Waals surface area contributed by atoms with E-state index in [1.54, 1.807) is 0 Å². The van der Waals surface area contributed by atoms with E-state index in [0.717, 1.165) is 11.4 Å². The summed E-state index contributed by atoms with van der Waals surface area (Å²) in [7, 11) is -4.04. The Balaban J connectivity index is 4.00. The Morgan fingerprint density at radius 2 is 1.43 bits per heavy atom. The molecule has 2 N–H and O–H groups in total. The summed E-state index contributed by atoms with van der Waals surface area (Å²) in [5.74, 6) is 0. The predicted octanol–water partition coefficient (Wildman–Crippen LogP) is -1.46. The topological polar surface area (TPSA) is 88.0 Å². The summed E-state index contributed by atoms with van der Waals surface area (Å²) in [6.07, 6.45) is 0. The van der Waals surface area contributed by atoms with E-state index in [4.69, 9.17) is 20.1 Å². The first-order valence-electron chi connectivity index (χ1n) is 1.39. The van der Waals surface area contributed by atoms with Gasteiger partial charge in [0.1, 0.15) is 11.4 Å². The maximum absolute atomic E-state index is 8.10. The van der Waals surface area contributed by atoms with Crippen LogP contribution in [0, 0.1) is 21.9 Å². The zero-order valence-electron chi connectivity index (χ0n) is 3.29. The average molecular weight is 114 g/mol. The van der Waals surface area contributed by atoms with E-state index in [2.05, 4.69) is 0 Å². The van der Waals surface area contributed by atoms with Gasteiger partial charge < -0.3 is 9.59 Å². The van der Waals surface area contributed by atoms with Crippen LogP contribution in [-0.4, -0.2) is 18.2 Å². The molecule has 0 heterocycles. The summed E-state index contributed by atoms with van der Waals surface area (Å²) in [6.45, 7) is 0. The molecular formula is C2H2N2O2Si. The summed E-state index contributed by atoms with van der Waals surface area (Å²) in [5, 5.41) is 15.4. The van der Waals surface area contributed by atoms with E-state index in [9.17, 15) is 0 Å². The van der Waals surface area contributed by atoms with Gasteiger partial charge >= 0.3 is 8.56 Å². The van der Waals surface area contributed by atoms with Crippen molar-refractivity contribution in [2.24, 2.45) is 0 Å². The van der Waals surface area contributed by atoms with Gasteiger partial charge in [-0.3, -0.25) is 0 Å². The molecule has 0 spiro atoms. The molecule has 0 unspecified atom stereocenters. The van der Waals surface area contributed by atoms with Crippen molar-refractivity contribution < 1.29 is 9.59 Å². The van der Waals surface area contributed by atoms with Gasteiger partial charge in [-0.15, -0.1) is 0 Å². The number of hydrogen-bond donors (Lipinski definition) is 2. The van der Waals surface area contributed by atoms with E-state index in [1.807, 2.05) is 0 Å². The Morgan fingerprint density at radius 1 is 1.14 bits per heavy atom. The zero-order valence-corrected chi connectivity index (χ0v) is 4.29. The zero-order chi connectivity index (χ0) is 5.91. The van der Waals surface area contributed by atoms with Crippen molar-refractivity contribution in [3.8, 4) is 11.4 Å². The first kappa shape index (κ1) is 6.12. The monoisotopic (exact) mass is 114 g/mol. The smallest absolute Gasteiger partial charge is 0.390 e. The molecule has 0 aromatic heterocycles. The fraction of sp³-hybridized carbons (Fsp3) is 0. The number of hydrogen-bond acceptors (Lipinski definition) is 4. The number of nitrogens with zero attached hydrogens (tertiary/aromatic N) is 2. The second-order valence-electron chi connectivity index (χ2n) is 0.896. The third-order valence-corrected chi connectivity index (χ3v) is 0.935. The van der Waals surface area contributed by atoms with Gasteiger partial charge in [0.25, 0.3) is 0 Å². The van der Waals surface area contributed by atoms with Crippen LogP contribution in [-0.2, 0) is 0 Å². The van der Waals surface area contributed by atoms with Crippen LogP contribution in [0.15, 0.2) is 0 Å². The van der Waals surface area contributed by atoms with Crippen molar-refractivity contribution in [3.05, 3.63) is 0 Å². The summed E-state index contributed by atoms with van der Waals surface area (Å²) in [4.78, 5) is 16.2. The van der Waals surface area contributed by atoms with Gasteiger partial charge in [-0.25, -0.2) is 0 Å². The molecule has 0 atom stereocenters. The molecule has 0 aliphatic heterocycles. The lowest BCUT2D eigenvalue weighted by atomic mass is 11.7. The average Bonchev–Trinajstić information content (AvgIpc) is 1.68. The first-order valence-corrected chi connectivity index (χ1v) is 3.29. The SMILES string of the molecule is N#C[Si](O)(O)C#N. The Hall–Kier alpha value is -0.883. The first-order chi connectivity index (χ1) is 3.12. The van der Waals surface area contributed by atoms with Crippen molar-refractivity contribution in [2.45, 2.75) is 0 Å². The normalized spacial score (nSPS) is 9.14. The minimum absolute atomic E-state index is 1.08. The Bertz CT molecular complexity index is 125. The molecule has 0 saturated carbocycles. The molecular weight excluding hydrogens is 112 g/mol. The quantitative estimate of drug-likeness (QED) is 0.377. The molecule has 0 saturated heterocycles.